The lowest BCUT2D eigenvalue weighted by Crippen LogP contribution is -2.43. The number of hydrogen-bond acceptors (Lipinski definition) is 3. The number of aliphatic carboxylic acids is 1. The minimum atomic E-state index is -0.796. The van der Waals surface area contributed by atoms with Crippen molar-refractivity contribution >= 4 is 39.1 Å². The van der Waals surface area contributed by atoms with Crippen molar-refractivity contribution < 1.29 is 14.7 Å². The fourth-order valence-electron chi connectivity index (χ4n) is 2.43. The fourth-order valence-corrected chi connectivity index (χ4v) is 3.93. The Morgan fingerprint density at radius 3 is 2.89 bits per heavy atom. The number of nitrogens with zero attached hydrogens (tertiary/aromatic N) is 1. The van der Waals surface area contributed by atoms with Crippen LogP contribution in [0.4, 0.5) is 0 Å². The molecule has 1 aliphatic rings. The summed E-state index contributed by atoms with van der Waals surface area (Å²) >= 11 is 4.81. The molecule has 4 nitrogen and oxygen atoms in total. The first-order valence-corrected chi connectivity index (χ1v) is 8.02. The van der Waals surface area contributed by atoms with E-state index in [9.17, 15) is 9.59 Å². The number of carboxylic acids is 1. The molecule has 1 fully saturated rings. The van der Waals surface area contributed by atoms with Crippen LogP contribution < -0.4 is 0 Å². The molecule has 1 amide bonds. The number of piperidine rings is 1. The van der Waals surface area contributed by atoms with Crippen molar-refractivity contribution in [2.24, 2.45) is 0 Å². The average molecular weight is 346 g/mol. The minimum Gasteiger partial charge on any atom is -0.481 e. The summed E-state index contributed by atoms with van der Waals surface area (Å²) in [4.78, 5) is 25.7. The van der Waals surface area contributed by atoms with Gasteiger partial charge in [-0.25, -0.2) is 0 Å². The van der Waals surface area contributed by atoms with E-state index in [1.807, 2.05) is 16.3 Å². The highest BCUT2D eigenvalue weighted by atomic mass is 79.9. The largest absolute Gasteiger partial charge is 0.481 e. The van der Waals surface area contributed by atoms with E-state index in [-0.39, 0.29) is 18.4 Å². The number of carbonyl (C=O) groups excluding carboxylic acids is 1. The Labute approximate surface area is 124 Å². The Kier molecular flexibility index (Phi) is 4.99. The van der Waals surface area contributed by atoms with E-state index >= 15 is 0 Å². The summed E-state index contributed by atoms with van der Waals surface area (Å²) in [6.07, 6.45) is 3.64. The van der Waals surface area contributed by atoms with E-state index in [1.165, 1.54) is 11.3 Å². The van der Waals surface area contributed by atoms with Crippen LogP contribution in [0.1, 0.15) is 41.8 Å². The first kappa shape index (κ1) is 14.5. The van der Waals surface area contributed by atoms with Gasteiger partial charge in [-0.3, -0.25) is 9.59 Å². The van der Waals surface area contributed by atoms with Gasteiger partial charge in [-0.15, -0.1) is 11.3 Å². The molecule has 1 aromatic heterocycles. The Hall–Kier alpha value is -0.880. The van der Waals surface area contributed by atoms with Crippen molar-refractivity contribution in [3.05, 3.63) is 20.8 Å². The van der Waals surface area contributed by atoms with Crippen LogP contribution in [-0.4, -0.2) is 34.5 Å². The first-order valence-electron chi connectivity index (χ1n) is 6.35. The van der Waals surface area contributed by atoms with Gasteiger partial charge >= 0.3 is 5.97 Å². The van der Waals surface area contributed by atoms with E-state index < -0.39 is 5.97 Å². The van der Waals surface area contributed by atoms with E-state index in [1.54, 1.807) is 0 Å². The molecule has 1 saturated heterocycles. The maximum Gasteiger partial charge on any atom is 0.303 e. The predicted octanol–water partition coefficient (Wildman–Crippen LogP) is 3.37. The summed E-state index contributed by atoms with van der Waals surface area (Å²) < 4.78 is 0.824. The molecule has 6 heteroatoms. The van der Waals surface area contributed by atoms with Crippen molar-refractivity contribution in [2.75, 3.05) is 6.54 Å². The standard InChI is InChI=1S/C13H16BrNO3S/c14-10-6-8-19-12(10)13(18)15-7-2-1-3-9(15)4-5-11(16)17/h6,8-9H,1-5,7H2,(H,16,17)/t9-/m0/s1. The van der Waals surface area contributed by atoms with Gasteiger partial charge in [0.2, 0.25) is 0 Å². The summed E-state index contributed by atoms with van der Waals surface area (Å²) in [7, 11) is 0. The topological polar surface area (TPSA) is 57.6 Å². The van der Waals surface area contributed by atoms with E-state index in [2.05, 4.69) is 15.9 Å². The van der Waals surface area contributed by atoms with Gasteiger partial charge in [0.15, 0.2) is 0 Å². The second-order valence-electron chi connectivity index (χ2n) is 4.68. The van der Waals surface area contributed by atoms with Crippen LogP contribution in [0.2, 0.25) is 0 Å². The molecule has 1 N–H and O–H groups in total. The first-order chi connectivity index (χ1) is 9.09. The van der Waals surface area contributed by atoms with Crippen LogP contribution >= 0.6 is 27.3 Å². The molecule has 1 atom stereocenters. The predicted molar refractivity (Wildman–Crippen MR) is 77.6 cm³/mol. The van der Waals surface area contributed by atoms with E-state index in [4.69, 9.17) is 5.11 Å². The molecule has 19 heavy (non-hydrogen) atoms. The van der Waals surface area contributed by atoms with Crippen LogP contribution in [0.15, 0.2) is 15.9 Å². The third-order valence-electron chi connectivity index (χ3n) is 3.39. The Bertz CT molecular complexity index is 474. The van der Waals surface area contributed by atoms with Crippen LogP contribution in [0.25, 0.3) is 0 Å². The lowest BCUT2D eigenvalue weighted by Gasteiger charge is -2.35. The van der Waals surface area contributed by atoms with Gasteiger partial charge in [0.05, 0.1) is 0 Å². The Morgan fingerprint density at radius 2 is 2.26 bits per heavy atom. The molecule has 0 radical (unpaired) electrons. The molecule has 0 unspecified atom stereocenters. The number of thiophene rings is 1. The molecule has 0 saturated carbocycles. The third kappa shape index (κ3) is 3.57. The molecule has 2 heterocycles. The number of halogens is 1. The molecule has 0 bridgehead atoms. The molecule has 1 aromatic rings. The smallest absolute Gasteiger partial charge is 0.303 e. The van der Waals surface area contributed by atoms with Gasteiger partial charge in [-0.1, -0.05) is 0 Å². The second-order valence-corrected chi connectivity index (χ2v) is 6.45. The number of rotatable bonds is 4. The van der Waals surface area contributed by atoms with Crippen molar-refractivity contribution in [1.29, 1.82) is 0 Å². The summed E-state index contributed by atoms with van der Waals surface area (Å²) in [5.74, 6) is -0.771. The summed E-state index contributed by atoms with van der Waals surface area (Å²) in [5, 5.41) is 10.7. The SMILES string of the molecule is O=C(O)CC[C@@H]1CCCCN1C(=O)c1sccc1Br. The van der Waals surface area contributed by atoms with Gasteiger partial charge in [-0.2, -0.15) is 0 Å². The van der Waals surface area contributed by atoms with E-state index in [0.29, 0.717) is 11.3 Å². The fraction of sp³-hybridized carbons (Fsp3) is 0.538. The van der Waals surface area contributed by atoms with Crippen molar-refractivity contribution in [3.8, 4) is 0 Å². The highest BCUT2D eigenvalue weighted by molar-refractivity contribution is 9.10. The maximum atomic E-state index is 12.5. The third-order valence-corrected chi connectivity index (χ3v) is 5.22. The molecule has 0 aliphatic carbocycles. The highest BCUT2D eigenvalue weighted by Gasteiger charge is 2.29. The van der Waals surface area contributed by atoms with Gasteiger partial charge in [0.25, 0.3) is 5.91 Å². The minimum absolute atomic E-state index is 0.0250. The maximum absolute atomic E-state index is 12.5. The number of carbonyl (C=O) groups is 2. The molecule has 1 aliphatic heterocycles. The van der Waals surface area contributed by atoms with Crippen LogP contribution in [0, 0.1) is 0 Å². The van der Waals surface area contributed by atoms with Crippen LogP contribution in [0.3, 0.4) is 0 Å². The zero-order chi connectivity index (χ0) is 13.8. The van der Waals surface area contributed by atoms with Gasteiger partial charge in [-0.05, 0) is 53.1 Å². The quantitative estimate of drug-likeness (QED) is 0.909. The van der Waals surface area contributed by atoms with Crippen molar-refractivity contribution in [1.82, 2.24) is 4.90 Å². The van der Waals surface area contributed by atoms with Crippen LogP contribution in [0.5, 0.6) is 0 Å². The number of amides is 1. The summed E-state index contributed by atoms with van der Waals surface area (Å²) in [6, 6.07) is 1.93. The molecule has 104 valence electrons. The summed E-state index contributed by atoms with van der Waals surface area (Å²) in [5.41, 5.74) is 0. The number of hydrogen-bond donors (Lipinski definition) is 1. The van der Waals surface area contributed by atoms with Gasteiger partial charge in [0.1, 0.15) is 4.88 Å². The van der Waals surface area contributed by atoms with Crippen molar-refractivity contribution in [3.63, 3.8) is 0 Å². The van der Waals surface area contributed by atoms with Gasteiger partial charge < -0.3 is 10.0 Å². The van der Waals surface area contributed by atoms with E-state index in [0.717, 1.165) is 30.3 Å². The normalized spacial score (nSPS) is 19.4. The van der Waals surface area contributed by atoms with Gasteiger partial charge in [0, 0.05) is 23.5 Å². The molecule has 0 spiro atoms. The molecule has 2 rings (SSSR count). The average Bonchev–Trinajstić information content (AvgIpc) is 2.82. The Morgan fingerprint density at radius 1 is 1.47 bits per heavy atom. The molecular weight excluding hydrogens is 330 g/mol. The molecular formula is C13H16BrNO3S. The highest BCUT2D eigenvalue weighted by Crippen LogP contribution is 2.28. The lowest BCUT2D eigenvalue weighted by atomic mass is 9.97. The monoisotopic (exact) mass is 345 g/mol. The summed E-state index contributed by atoms with van der Waals surface area (Å²) in [6.45, 7) is 0.730. The lowest BCUT2D eigenvalue weighted by molar-refractivity contribution is -0.137. The zero-order valence-electron chi connectivity index (χ0n) is 10.5. The Balaban J connectivity index is 2.08. The van der Waals surface area contributed by atoms with Crippen LogP contribution in [-0.2, 0) is 4.79 Å². The number of carboxylic acid groups (broad SMARTS) is 1. The number of likely N-dealkylation sites (tertiary alicyclic amines) is 1. The van der Waals surface area contributed by atoms with Crippen molar-refractivity contribution in [2.45, 2.75) is 38.1 Å². The zero-order valence-corrected chi connectivity index (χ0v) is 12.9. The second kappa shape index (κ2) is 6.52. The molecule has 0 aromatic carbocycles.